The number of nitrogen functional groups attached to an aromatic ring is 1. The quantitative estimate of drug-likeness (QED) is 0.267. The summed E-state index contributed by atoms with van der Waals surface area (Å²) in [5, 5.41) is 31.6. The SMILES string of the molecule is [N-]=[N+]=NCCC(O)C(O)c1cc(F)cc(C(=O)O)c1N. The first-order chi connectivity index (χ1) is 9.38. The maximum atomic E-state index is 13.3. The normalized spacial score (nSPS) is 13.3. The third kappa shape index (κ3) is 3.58. The average molecular weight is 284 g/mol. The molecule has 2 unspecified atom stereocenters. The summed E-state index contributed by atoms with van der Waals surface area (Å²) in [6, 6.07) is 1.57. The van der Waals surface area contributed by atoms with Crippen molar-refractivity contribution in [2.24, 2.45) is 5.11 Å². The van der Waals surface area contributed by atoms with Crippen molar-refractivity contribution in [2.75, 3.05) is 12.3 Å². The van der Waals surface area contributed by atoms with E-state index in [1.165, 1.54) is 0 Å². The average Bonchev–Trinajstić information content (AvgIpc) is 2.40. The summed E-state index contributed by atoms with van der Waals surface area (Å²) in [4.78, 5) is 13.4. The van der Waals surface area contributed by atoms with E-state index in [1.54, 1.807) is 0 Å². The van der Waals surface area contributed by atoms with Crippen LogP contribution in [0.15, 0.2) is 17.2 Å². The number of hydrogen-bond acceptors (Lipinski definition) is 5. The van der Waals surface area contributed by atoms with Crippen LogP contribution in [0.3, 0.4) is 0 Å². The van der Waals surface area contributed by atoms with Gasteiger partial charge in [0.05, 0.1) is 17.4 Å². The first-order valence-corrected chi connectivity index (χ1v) is 5.57. The van der Waals surface area contributed by atoms with E-state index < -0.39 is 29.6 Å². The number of carboxylic acids is 1. The van der Waals surface area contributed by atoms with Crippen LogP contribution in [0.2, 0.25) is 0 Å². The van der Waals surface area contributed by atoms with Crippen LogP contribution >= 0.6 is 0 Å². The van der Waals surface area contributed by atoms with Crippen LogP contribution in [-0.2, 0) is 0 Å². The smallest absolute Gasteiger partial charge is 0.337 e. The fraction of sp³-hybridized carbons (Fsp3) is 0.364. The molecular weight excluding hydrogens is 271 g/mol. The Morgan fingerprint density at radius 3 is 2.70 bits per heavy atom. The third-order valence-corrected chi connectivity index (χ3v) is 2.68. The molecule has 0 aliphatic heterocycles. The number of nitrogens with zero attached hydrogens (tertiary/aromatic N) is 3. The topological polar surface area (TPSA) is 153 Å². The number of aromatic carboxylic acids is 1. The van der Waals surface area contributed by atoms with Gasteiger partial charge in [-0.05, 0) is 24.1 Å². The van der Waals surface area contributed by atoms with E-state index >= 15 is 0 Å². The van der Waals surface area contributed by atoms with Gasteiger partial charge in [-0.2, -0.15) is 0 Å². The summed E-state index contributed by atoms with van der Waals surface area (Å²) in [6.07, 6.45) is -3.03. The largest absolute Gasteiger partial charge is 0.478 e. The zero-order chi connectivity index (χ0) is 15.3. The lowest BCUT2D eigenvalue weighted by Crippen LogP contribution is -2.21. The number of anilines is 1. The third-order valence-electron chi connectivity index (χ3n) is 2.68. The van der Waals surface area contributed by atoms with Gasteiger partial charge in [0, 0.05) is 17.0 Å². The predicted molar refractivity (Wildman–Crippen MR) is 67.4 cm³/mol. The zero-order valence-corrected chi connectivity index (χ0v) is 10.3. The molecule has 0 saturated carbocycles. The fourth-order valence-electron chi connectivity index (χ4n) is 1.66. The lowest BCUT2D eigenvalue weighted by Gasteiger charge is -2.20. The van der Waals surface area contributed by atoms with Gasteiger partial charge in [0.25, 0.3) is 0 Å². The van der Waals surface area contributed by atoms with Gasteiger partial charge in [-0.1, -0.05) is 5.11 Å². The summed E-state index contributed by atoms with van der Waals surface area (Å²) < 4.78 is 13.3. The number of carbonyl (C=O) groups is 1. The van der Waals surface area contributed by atoms with Gasteiger partial charge < -0.3 is 21.1 Å². The number of benzene rings is 1. The van der Waals surface area contributed by atoms with Crippen LogP contribution in [0.1, 0.15) is 28.4 Å². The first kappa shape index (κ1) is 15.7. The molecule has 0 fully saturated rings. The summed E-state index contributed by atoms with van der Waals surface area (Å²) in [5.74, 6) is -2.34. The molecule has 9 heteroatoms. The molecular formula is C11H13FN4O4. The second-order valence-corrected chi connectivity index (χ2v) is 4.02. The van der Waals surface area contributed by atoms with E-state index in [2.05, 4.69) is 10.0 Å². The molecule has 20 heavy (non-hydrogen) atoms. The van der Waals surface area contributed by atoms with Crippen molar-refractivity contribution in [3.63, 3.8) is 0 Å². The van der Waals surface area contributed by atoms with E-state index in [9.17, 15) is 19.4 Å². The lowest BCUT2D eigenvalue weighted by atomic mass is 9.97. The fourth-order valence-corrected chi connectivity index (χ4v) is 1.66. The van der Waals surface area contributed by atoms with Crippen molar-refractivity contribution in [1.29, 1.82) is 0 Å². The van der Waals surface area contributed by atoms with Gasteiger partial charge in [-0.3, -0.25) is 0 Å². The monoisotopic (exact) mass is 284 g/mol. The number of aliphatic hydroxyl groups excluding tert-OH is 2. The highest BCUT2D eigenvalue weighted by molar-refractivity contribution is 5.94. The molecule has 0 aromatic heterocycles. The van der Waals surface area contributed by atoms with E-state index in [4.69, 9.17) is 16.4 Å². The highest BCUT2D eigenvalue weighted by Crippen LogP contribution is 2.28. The molecule has 108 valence electrons. The van der Waals surface area contributed by atoms with Crippen LogP contribution in [0.5, 0.6) is 0 Å². The number of aliphatic hydroxyl groups is 2. The van der Waals surface area contributed by atoms with Crippen LogP contribution in [0, 0.1) is 5.82 Å². The van der Waals surface area contributed by atoms with Crippen molar-refractivity contribution < 1.29 is 24.5 Å². The first-order valence-electron chi connectivity index (χ1n) is 5.57. The maximum Gasteiger partial charge on any atom is 0.337 e. The summed E-state index contributed by atoms with van der Waals surface area (Å²) >= 11 is 0. The molecule has 0 saturated heterocycles. The predicted octanol–water partition coefficient (Wildman–Crippen LogP) is 1.20. The molecule has 8 nitrogen and oxygen atoms in total. The molecule has 0 aliphatic carbocycles. The lowest BCUT2D eigenvalue weighted by molar-refractivity contribution is 0.0152. The molecule has 0 radical (unpaired) electrons. The minimum atomic E-state index is -1.59. The minimum absolute atomic E-state index is 0.0737. The molecule has 1 aromatic rings. The van der Waals surface area contributed by atoms with E-state index in [1.807, 2.05) is 0 Å². The van der Waals surface area contributed by atoms with Crippen LogP contribution < -0.4 is 5.73 Å². The van der Waals surface area contributed by atoms with Gasteiger partial charge in [0.2, 0.25) is 0 Å². The van der Waals surface area contributed by atoms with E-state index in [0.717, 1.165) is 12.1 Å². The second kappa shape index (κ2) is 6.71. The van der Waals surface area contributed by atoms with Gasteiger partial charge in [0.15, 0.2) is 0 Å². The maximum absolute atomic E-state index is 13.3. The molecule has 0 amide bonds. The zero-order valence-electron chi connectivity index (χ0n) is 10.3. The number of carboxylic acid groups (broad SMARTS) is 1. The number of azide groups is 1. The second-order valence-electron chi connectivity index (χ2n) is 4.02. The van der Waals surface area contributed by atoms with Crippen molar-refractivity contribution in [1.82, 2.24) is 0 Å². The molecule has 0 spiro atoms. The molecule has 5 N–H and O–H groups in total. The number of hydrogen-bond donors (Lipinski definition) is 4. The highest BCUT2D eigenvalue weighted by atomic mass is 19.1. The summed E-state index contributed by atoms with van der Waals surface area (Å²) in [5.41, 5.74) is 12.6. The van der Waals surface area contributed by atoms with Gasteiger partial charge in [-0.15, -0.1) is 0 Å². The minimum Gasteiger partial charge on any atom is -0.478 e. The Morgan fingerprint density at radius 2 is 2.15 bits per heavy atom. The number of halogens is 1. The molecule has 2 atom stereocenters. The summed E-state index contributed by atoms with van der Waals surface area (Å²) in [6.45, 7) is -0.0737. The Kier molecular flexibility index (Phi) is 5.27. The molecule has 0 heterocycles. The van der Waals surface area contributed by atoms with Crippen molar-refractivity contribution in [2.45, 2.75) is 18.6 Å². The Bertz CT molecular complexity index is 560. The van der Waals surface area contributed by atoms with Gasteiger partial charge in [0.1, 0.15) is 11.9 Å². The Morgan fingerprint density at radius 1 is 1.50 bits per heavy atom. The van der Waals surface area contributed by atoms with E-state index in [0.29, 0.717) is 0 Å². The summed E-state index contributed by atoms with van der Waals surface area (Å²) in [7, 11) is 0. The highest BCUT2D eigenvalue weighted by Gasteiger charge is 2.24. The Labute approximate surface area is 112 Å². The standard InChI is InChI=1S/C11H13FN4O4/c12-5-3-6(9(13)7(4-5)11(19)20)10(18)8(17)1-2-15-16-14/h3-4,8,10,17-18H,1-2,13H2,(H,19,20). The molecule has 1 aromatic carbocycles. The van der Waals surface area contributed by atoms with Crippen molar-refractivity contribution in [3.05, 3.63) is 39.5 Å². The van der Waals surface area contributed by atoms with Crippen LogP contribution in [0.25, 0.3) is 10.4 Å². The van der Waals surface area contributed by atoms with Crippen molar-refractivity contribution >= 4 is 11.7 Å². The van der Waals surface area contributed by atoms with Gasteiger partial charge >= 0.3 is 5.97 Å². The van der Waals surface area contributed by atoms with Crippen LogP contribution in [-0.4, -0.2) is 33.9 Å². The van der Waals surface area contributed by atoms with Crippen LogP contribution in [0.4, 0.5) is 10.1 Å². The number of nitrogens with two attached hydrogens (primary N) is 1. The Hall–Kier alpha value is -2.35. The molecule has 0 aliphatic rings. The Balaban J connectivity index is 3.05. The van der Waals surface area contributed by atoms with Gasteiger partial charge in [-0.25, -0.2) is 9.18 Å². The van der Waals surface area contributed by atoms with E-state index in [-0.39, 0.29) is 24.2 Å². The number of rotatable bonds is 6. The molecule has 1 rings (SSSR count). The van der Waals surface area contributed by atoms with Crippen molar-refractivity contribution in [3.8, 4) is 0 Å². The molecule has 0 bridgehead atoms.